The Morgan fingerprint density at radius 3 is 2.59 bits per heavy atom. The minimum atomic E-state index is -0.168. The molecule has 1 heterocycles. The number of anilines is 1. The van der Waals surface area contributed by atoms with Crippen molar-refractivity contribution >= 4 is 17.5 Å². The molecular weight excluding hydrogens is 278 g/mol. The first-order valence-electron chi connectivity index (χ1n) is 6.90. The number of carbonyl (C=O) groups is 2. The number of rotatable bonds is 5. The van der Waals surface area contributed by atoms with Gasteiger partial charge in [0.1, 0.15) is 0 Å². The summed E-state index contributed by atoms with van der Waals surface area (Å²) in [4.78, 5) is 27.2. The van der Waals surface area contributed by atoms with Crippen LogP contribution in [0.1, 0.15) is 22.8 Å². The van der Waals surface area contributed by atoms with Crippen molar-refractivity contribution in [1.29, 1.82) is 0 Å². The number of nitrogens with one attached hydrogen (secondary N) is 2. The van der Waals surface area contributed by atoms with Crippen LogP contribution < -0.4 is 10.6 Å². The lowest BCUT2D eigenvalue weighted by atomic mass is 10.2. The van der Waals surface area contributed by atoms with Gasteiger partial charge < -0.3 is 10.6 Å². The Morgan fingerprint density at radius 2 is 1.95 bits per heavy atom. The lowest BCUT2D eigenvalue weighted by molar-refractivity contribution is -0.111. The molecule has 0 saturated carbocycles. The van der Waals surface area contributed by atoms with Gasteiger partial charge in [0.2, 0.25) is 5.91 Å². The largest absolute Gasteiger partial charge is 0.348 e. The van der Waals surface area contributed by atoms with E-state index in [1.54, 1.807) is 43.5 Å². The lowest BCUT2D eigenvalue weighted by Gasteiger charge is -2.07. The predicted molar refractivity (Wildman–Crippen MR) is 85.3 cm³/mol. The molecule has 0 aliphatic heterocycles. The molecule has 2 aromatic rings. The fraction of sp³-hybridized carbons (Fsp3) is 0.118. The number of allylic oxidation sites excluding steroid dienone is 1. The smallest absolute Gasteiger partial charge is 0.253 e. The van der Waals surface area contributed by atoms with Crippen molar-refractivity contribution in [3.8, 4) is 0 Å². The van der Waals surface area contributed by atoms with E-state index in [-0.39, 0.29) is 11.8 Å². The van der Waals surface area contributed by atoms with E-state index in [4.69, 9.17) is 0 Å². The highest BCUT2D eigenvalue weighted by atomic mass is 16.2. The van der Waals surface area contributed by atoms with E-state index in [1.165, 1.54) is 12.3 Å². The summed E-state index contributed by atoms with van der Waals surface area (Å²) in [5, 5.41) is 5.56. The number of nitrogens with zero attached hydrogens (tertiary/aromatic N) is 1. The van der Waals surface area contributed by atoms with Crippen LogP contribution in [0.25, 0.3) is 0 Å². The Bertz CT molecular complexity index is 664. The normalized spacial score (nSPS) is 10.4. The highest BCUT2D eigenvalue weighted by molar-refractivity contribution is 5.99. The van der Waals surface area contributed by atoms with E-state index in [0.29, 0.717) is 17.8 Å². The fourth-order valence-electron chi connectivity index (χ4n) is 1.82. The Hall–Kier alpha value is -2.95. The van der Waals surface area contributed by atoms with Gasteiger partial charge in [-0.15, -0.1) is 0 Å². The minimum Gasteiger partial charge on any atom is -0.348 e. The predicted octanol–water partition coefficient (Wildman–Crippen LogP) is 2.53. The molecule has 0 saturated heterocycles. The number of hydrogen-bond acceptors (Lipinski definition) is 3. The second kappa shape index (κ2) is 7.73. The SMILES string of the molecule is C/C=C/C(=O)Nc1ccc(CNC(=O)c2cccnc2)cc1. The van der Waals surface area contributed by atoms with Gasteiger partial charge in [0.05, 0.1) is 5.56 Å². The first kappa shape index (κ1) is 15.4. The fourth-order valence-corrected chi connectivity index (χ4v) is 1.82. The van der Waals surface area contributed by atoms with Crippen LogP contribution in [0.4, 0.5) is 5.69 Å². The maximum Gasteiger partial charge on any atom is 0.253 e. The maximum atomic E-state index is 11.9. The van der Waals surface area contributed by atoms with Crippen molar-refractivity contribution in [2.75, 3.05) is 5.32 Å². The third-order valence-corrected chi connectivity index (χ3v) is 2.92. The van der Waals surface area contributed by atoms with Crippen LogP contribution in [-0.4, -0.2) is 16.8 Å². The molecule has 2 rings (SSSR count). The Kier molecular flexibility index (Phi) is 5.43. The Labute approximate surface area is 129 Å². The zero-order valence-electron chi connectivity index (χ0n) is 12.2. The number of amides is 2. The van der Waals surface area contributed by atoms with Crippen LogP contribution in [0.3, 0.4) is 0 Å². The molecule has 1 aromatic heterocycles. The van der Waals surface area contributed by atoms with Crippen LogP contribution in [0.5, 0.6) is 0 Å². The highest BCUT2D eigenvalue weighted by Crippen LogP contribution is 2.09. The minimum absolute atomic E-state index is 0.167. The zero-order chi connectivity index (χ0) is 15.8. The van der Waals surface area contributed by atoms with Gasteiger partial charge in [0.25, 0.3) is 5.91 Å². The summed E-state index contributed by atoms with van der Waals surface area (Å²) in [5.41, 5.74) is 2.18. The number of aromatic nitrogens is 1. The number of hydrogen-bond donors (Lipinski definition) is 2. The third kappa shape index (κ3) is 4.56. The van der Waals surface area contributed by atoms with E-state index in [2.05, 4.69) is 15.6 Å². The molecular formula is C17H17N3O2. The van der Waals surface area contributed by atoms with E-state index >= 15 is 0 Å². The second-order valence-electron chi connectivity index (χ2n) is 4.61. The van der Waals surface area contributed by atoms with Gasteiger partial charge in [-0.25, -0.2) is 0 Å². The van der Waals surface area contributed by atoms with E-state index < -0.39 is 0 Å². The molecule has 0 unspecified atom stereocenters. The van der Waals surface area contributed by atoms with Gasteiger partial charge in [-0.2, -0.15) is 0 Å². The summed E-state index contributed by atoms with van der Waals surface area (Å²) in [7, 11) is 0. The van der Waals surface area contributed by atoms with Crippen molar-refractivity contribution in [2.45, 2.75) is 13.5 Å². The van der Waals surface area contributed by atoms with Crippen LogP contribution in [-0.2, 0) is 11.3 Å². The standard InChI is InChI=1S/C17H17N3O2/c1-2-4-16(21)20-15-8-6-13(7-9-15)11-19-17(22)14-5-3-10-18-12-14/h2-10,12H,11H2,1H3,(H,19,22)(H,20,21)/b4-2+. The molecule has 0 bridgehead atoms. The Morgan fingerprint density at radius 1 is 1.18 bits per heavy atom. The quantitative estimate of drug-likeness (QED) is 0.833. The average molecular weight is 295 g/mol. The molecule has 2 N–H and O–H groups in total. The summed E-state index contributed by atoms with van der Waals surface area (Å²) in [6, 6.07) is 10.7. The van der Waals surface area contributed by atoms with Gasteiger partial charge in [0, 0.05) is 24.6 Å². The first-order valence-corrected chi connectivity index (χ1v) is 6.90. The van der Waals surface area contributed by atoms with E-state index in [9.17, 15) is 9.59 Å². The van der Waals surface area contributed by atoms with Crippen molar-refractivity contribution in [3.63, 3.8) is 0 Å². The van der Waals surface area contributed by atoms with Crippen molar-refractivity contribution < 1.29 is 9.59 Å². The molecule has 5 nitrogen and oxygen atoms in total. The Balaban J connectivity index is 1.89. The molecule has 5 heteroatoms. The van der Waals surface area contributed by atoms with Gasteiger partial charge in [-0.3, -0.25) is 14.6 Å². The summed E-state index contributed by atoms with van der Waals surface area (Å²) in [6.07, 6.45) is 6.28. The van der Waals surface area contributed by atoms with E-state index in [1.807, 2.05) is 12.1 Å². The summed E-state index contributed by atoms with van der Waals surface area (Å²) in [6.45, 7) is 2.20. The van der Waals surface area contributed by atoms with Crippen molar-refractivity contribution in [3.05, 3.63) is 72.1 Å². The molecule has 0 atom stereocenters. The molecule has 1 aromatic carbocycles. The third-order valence-electron chi connectivity index (χ3n) is 2.92. The molecule has 0 aliphatic rings. The maximum absolute atomic E-state index is 11.9. The molecule has 0 spiro atoms. The average Bonchev–Trinajstić information content (AvgIpc) is 2.55. The van der Waals surface area contributed by atoms with Gasteiger partial charge in [0.15, 0.2) is 0 Å². The van der Waals surface area contributed by atoms with Crippen LogP contribution >= 0.6 is 0 Å². The van der Waals surface area contributed by atoms with Crippen molar-refractivity contribution in [2.24, 2.45) is 0 Å². The first-order chi connectivity index (χ1) is 10.7. The number of pyridine rings is 1. The zero-order valence-corrected chi connectivity index (χ0v) is 12.2. The molecule has 112 valence electrons. The second-order valence-corrected chi connectivity index (χ2v) is 4.61. The molecule has 2 amide bonds. The molecule has 0 radical (unpaired) electrons. The number of benzene rings is 1. The lowest BCUT2D eigenvalue weighted by Crippen LogP contribution is -2.22. The van der Waals surface area contributed by atoms with Gasteiger partial charge in [-0.1, -0.05) is 18.2 Å². The molecule has 0 fully saturated rings. The van der Waals surface area contributed by atoms with Gasteiger partial charge >= 0.3 is 0 Å². The summed E-state index contributed by atoms with van der Waals surface area (Å²) < 4.78 is 0. The topological polar surface area (TPSA) is 71.1 Å². The monoisotopic (exact) mass is 295 g/mol. The summed E-state index contributed by atoms with van der Waals surface area (Å²) in [5.74, 6) is -0.335. The highest BCUT2D eigenvalue weighted by Gasteiger charge is 2.04. The molecule has 0 aliphatic carbocycles. The van der Waals surface area contributed by atoms with Crippen molar-refractivity contribution in [1.82, 2.24) is 10.3 Å². The van der Waals surface area contributed by atoms with E-state index in [0.717, 1.165) is 5.56 Å². The van der Waals surface area contributed by atoms with Crippen LogP contribution in [0.2, 0.25) is 0 Å². The molecule has 22 heavy (non-hydrogen) atoms. The van der Waals surface area contributed by atoms with Crippen LogP contribution in [0, 0.1) is 0 Å². The van der Waals surface area contributed by atoms with Crippen LogP contribution in [0.15, 0.2) is 60.9 Å². The van der Waals surface area contributed by atoms with Gasteiger partial charge in [-0.05, 0) is 42.8 Å². The number of carbonyl (C=O) groups excluding carboxylic acids is 2. The summed E-state index contributed by atoms with van der Waals surface area (Å²) >= 11 is 0.